The van der Waals surface area contributed by atoms with Crippen molar-refractivity contribution in [1.82, 2.24) is 5.32 Å². The zero-order valence-corrected chi connectivity index (χ0v) is 10.9. The summed E-state index contributed by atoms with van der Waals surface area (Å²) in [5.74, 6) is 5.65. The molecule has 0 bridgehead atoms. The number of hydrogen-bond donors (Lipinski definition) is 2. The monoisotopic (exact) mass is 264 g/mol. The first kappa shape index (κ1) is 13.1. The maximum Gasteiger partial charge on any atom is 0.261 e. The zero-order valence-electron chi connectivity index (χ0n) is 10.1. The van der Waals surface area contributed by atoms with E-state index in [1.807, 2.05) is 6.07 Å². The van der Waals surface area contributed by atoms with E-state index in [0.717, 1.165) is 24.3 Å². The van der Waals surface area contributed by atoms with Crippen LogP contribution < -0.4 is 11.1 Å². The third-order valence-electron chi connectivity index (χ3n) is 2.64. The molecule has 0 spiro atoms. The van der Waals surface area contributed by atoms with Crippen molar-refractivity contribution in [3.63, 3.8) is 0 Å². The standard InChI is InChI=1S/C13H16N2O2S/c14-7-1-4-11-5-6-12(18-11)13(16)15-10-3-2-8-17-9-10/h5-6,10H,2-3,7-9,14H2,(H,15,16). The van der Waals surface area contributed by atoms with Gasteiger partial charge in [-0.05, 0) is 25.0 Å². The molecule has 1 atom stereocenters. The maximum atomic E-state index is 12.0. The molecule has 1 saturated heterocycles. The van der Waals surface area contributed by atoms with Crippen molar-refractivity contribution in [1.29, 1.82) is 0 Å². The van der Waals surface area contributed by atoms with E-state index in [1.165, 1.54) is 11.3 Å². The first-order chi connectivity index (χ1) is 8.79. The van der Waals surface area contributed by atoms with Crippen LogP contribution in [0.2, 0.25) is 0 Å². The molecular formula is C13H16N2O2S. The van der Waals surface area contributed by atoms with E-state index in [4.69, 9.17) is 10.5 Å². The van der Waals surface area contributed by atoms with Crippen LogP contribution in [0.3, 0.4) is 0 Å². The lowest BCUT2D eigenvalue weighted by molar-refractivity contribution is 0.0626. The van der Waals surface area contributed by atoms with Crippen molar-refractivity contribution in [3.05, 3.63) is 21.9 Å². The largest absolute Gasteiger partial charge is 0.379 e. The van der Waals surface area contributed by atoms with Crippen LogP contribution in [0.1, 0.15) is 27.4 Å². The molecule has 0 radical (unpaired) electrons. The van der Waals surface area contributed by atoms with Gasteiger partial charge in [0.05, 0.1) is 28.9 Å². The first-order valence-corrected chi connectivity index (χ1v) is 6.78. The highest BCUT2D eigenvalue weighted by molar-refractivity contribution is 7.14. The average molecular weight is 264 g/mol. The lowest BCUT2D eigenvalue weighted by atomic mass is 10.1. The summed E-state index contributed by atoms with van der Waals surface area (Å²) in [4.78, 5) is 13.5. The number of rotatable bonds is 2. The second-order valence-electron chi connectivity index (χ2n) is 4.06. The van der Waals surface area contributed by atoms with E-state index in [1.54, 1.807) is 6.07 Å². The number of carbonyl (C=O) groups is 1. The van der Waals surface area contributed by atoms with Gasteiger partial charge in [-0.15, -0.1) is 11.3 Å². The molecule has 18 heavy (non-hydrogen) atoms. The van der Waals surface area contributed by atoms with Crippen molar-refractivity contribution < 1.29 is 9.53 Å². The van der Waals surface area contributed by atoms with E-state index in [-0.39, 0.29) is 11.9 Å². The number of carbonyl (C=O) groups excluding carboxylic acids is 1. The molecule has 5 heteroatoms. The van der Waals surface area contributed by atoms with Crippen LogP contribution in [0.5, 0.6) is 0 Å². The highest BCUT2D eigenvalue weighted by Crippen LogP contribution is 2.16. The SMILES string of the molecule is NCC#Cc1ccc(C(=O)NC2CCCOC2)s1. The highest BCUT2D eigenvalue weighted by Gasteiger charge is 2.17. The minimum atomic E-state index is -0.0451. The van der Waals surface area contributed by atoms with Crippen molar-refractivity contribution in [2.45, 2.75) is 18.9 Å². The Labute approximate surface area is 111 Å². The Morgan fingerprint density at radius 2 is 2.50 bits per heavy atom. The van der Waals surface area contributed by atoms with E-state index >= 15 is 0 Å². The van der Waals surface area contributed by atoms with Gasteiger partial charge in [-0.2, -0.15) is 0 Å². The highest BCUT2D eigenvalue weighted by atomic mass is 32.1. The quantitative estimate of drug-likeness (QED) is 0.782. The average Bonchev–Trinajstić information content (AvgIpc) is 2.86. The van der Waals surface area contributed by atoms with Crippen LogP contribution in [0, 0.1) is 11.8 Å². The molecule has 2 rings (SSSR count). The number of amides is 1. The van der Waals surface area contributed by atoms with Gasteiger partial charge in [-0.25, -0.2) is 0 Å². The predicted octanol–water partition coefficient (Wildman–Crippen LogP) is 0.967. The van der Waals surface area contributed by atoms with Gasteiger partial charge >= 0.3 is 0 Å². The van der Waals surface area contributed by atoms with Gasteiger partial charge < -0.3 is 15.8 Å². The molecule has 96 valence electrons. The normalized spacial score (nSPS) is 18.8. The Bertz CT molecular complexity index is 467. The predicted molar refractivity (Wildman–Crippen MR) is 71.6 cm³/mol. The van der Waals surface area contributed by atoms with E-state index in [2.05, 4.69) is 17.2 Å². The molecule has 0 aliphatic carbocycles. The van der Waals surface area contributed by atoms with E-state index < -0.39 is 0 Å². The van der Waals surface area contributed by atoms with Gasteiger partial charge in [-0.1, -0.05) is 11.8 Å². The van der Waals surface area contributed by atoms with Gasteiger partial charge in [0, 0.05) is 6.61 Å². The topological polar surface area (TPSA) is 64.4 Å². The number of nitrogens with one attached hydrogen (secondary N) is 1. The number of hydrogen-bond acceptors (Lipinski definition) is 4. The molecule has 1 aliphatic heterocycles. The summed E-state index contributed by atoms with van der Waals surface area (Å²) >= 11 is 1.39. The molecule has 1 amide bonds. The van der Waals surface area contributed by atoms with Crippen LogP contribution in [0.25, 0.3) is 0 Å². The minimum absolute atomic E-state index is 0.0451. The Hall–Kier alpha value is -1.35. The Kier molecular flexibility index (Phi) is 4.76. The van der Waals surface area contributed by atoms with E-state index in [0.29, 0.717) is 18.0 Å². The fourth-order valence-corrected chi connectivity index (χ4v) is 2.56. The molecule has 1 aromatic heterocycles. The molecule has 1 aromatic rings. The lowest BCUT2D eigenvalue weighted by Gasteiger charge is -2.22. The van der Waals surface area contributed by atoms with Crippen molar-refractivity contribution >= 4 is 17.2 Å². The molecule has 1 aliphatic rings. The van der Waals surface area contributed by atoms with Gasteiger partial charge in [-0.3, -0.25) is 4.79 Å². The fraction of sp³-hybridized carbons (Fsp3) is 0.462. The van der Waals surface area contributed by atoms with Gasteiger partial charge in [0.1, 0.15) is 0 Å². The molecule has 0 aromatic carbocycles. The molecule has 2 heterocycles. The van der Waals surface area contributed by atoms with Crippen molar-refractivity contribution in [3.8, 4) is 11.8 Å². The van der Waals surface area contributed by atoms with Crippen LogP contribution in [-0.2, 0) is 4.74 Å². The summed E-state index contributed by atoms with van der Waals surface area (Å²) in [6.07, 6.45) is 1.99. The molecule has 0 saturated carbocycles. The van der Waals surface area contributed by atoms with Crippen molar-refractivity contribution in [2.24, 2.45) is 5.73 Å². The summed E-state index contributed by atoms with van der Waals surface area (Å²) in [6, 6.07) is 3.77. The third kappa shape index (κ3) is 3.57. The number of thiophene rings is 1. The zero-order chi connectivity index (χ0) is 12.8. The minimum Gasteiger partial charge on any atom is -0.379 e. The molecular weight excluding hydrogens is 248 g/mol. The molecule has 1 unspecified atom stereocenters. The number of ether oxygens (including phenoxy) is 1. The maximum absolute atomic E-state index is 12.0. The fourth-order valence-electron chi connectivity index (χ4n) is 1.78. The van der Waals surface area contributed by atoms with Gasteiger partial charge in [0.15, 0.2) is 0 Å². The molecule has 4 nitrogen and oxygen atoms in total. The summed E-state index contributed by atoms with van der Waals surface area (Å²) in [7, 11) is 0. The summed E-state index contributed by atoms with van der Waals surface area (Å²) in [5.41, 5.74) is 5.30. The van der Waals surface area contributed by atoms with Crippen LogP contribution in [-0.4, -0.2) is 31.7 Å². The van der Waals surface area contributed by atoms with Crippen LogP contribution in [0.4, 0.5) is 0 Å². The first-order valence-electron chi connectivity index (χ1n) is 5.97. The Morgan fingerprint density at radius 3 is 3.22 bits per heavy atom. The molecule has 1 fully saturated rings. The van der Waals surface area contributed by atoms with Crippen molar-refractivity contribution in [2.75, 3.05) is 19.8 Å². The lowest BCUT2D eigenvalue weighted by Crippen LogP contribution is -2.40. The van der Waals surface area contributed by atoms with E-state index in [9.17, 15) is 4.79 Å². The smallest absolute Gasteiger partial charge is 0.261 e. The third-order valence-corrected chi connectivity index (χ3v) is 3.64. The second kappa shape index (κ2) is 6.55. The Balaban J connectivity index is 1.93. The molecule has 3 N–H and O–H groups in total. The summed E-state index contributed by atoms with van der Waals surface area (Å²) in [5, 5.41) is 2.98. The number of nitrogens with two attached hydrogens (primary N) is 1. The van der Waals surface area contributed by atoms with Gasteiger partial charge in [0.2, 0.25) is 0 Å². The van der Waals surface area contributed by atoms with Crippen LogP contribution >= 0.6 is 11.3 Å². The summed E-state index contributed by atoms with van der Waals surface area (Å²) in [6.45, 7) is 1.74. The summed E-state index contributed by atoms with van der Waals surface area (Å²) < 4.78 is 5.33. The Morgan fingerprint density at radius 1 is 1.61 bits per heavy atom. The van der Waals surface area contributed by atoms with Gasteiger partial charge in [0.25, 0.3) is 5.91 Å². The second-order valence-corrected chi connectivity index (χ2v) is 5.14. The van der Waals surface area contributed by atoms with Crippen LogP contribution in [0.15, 0.2) is 12.1 Å².